The number of aliphatic hydroxyl groups is 3. The molecule has 5 atom stereocenters. The first-order chi connectivity index (χ1) is 7.63. The zero-order valence-corrected chi connectivity index (χ0v) is 11.1. The van der Waals surface area contributed by atoms with Gasteiger partial charge in [0.2, 0.25) is 0 Å². The minimum Gasteiger partial charge on any atom is -0.388 e. The predicted octanol–water partition coefficient (Wildman–Crippen LogP) is 0.265. The Morgan fingerprint density at radius 3 is 1.94 bits per heavy atom. The molecule has 5 nitrogen and oxygen atoms in total. The summed E-state index contributed by atoms with van der Waals surface area (Å²) in [5.74, 6) is 0.0261. The summed E-state index contributed by atoms with van der Waals surface area (Å²) in [5.41, 5.74) is -0.491. The van der Waals surface area contributed by atoms with Gasteiger partial charge in [0, 0.05) is 0 Å². The van der Waals surface area contributed by atoms with Crippen LogP contribution in [0.3, 0.4) is 0 Å². The maximum absolute atomic E-state index is 9.81. The molecule has 0 aliphatic carbocycles. The highest BCUT2D eigenvalue weighted by Crippen LogP contribution is 2.28. The lowest BCUT2D eigenvalue weighted by Gasteiger charge is -2.43. The maximum Gasteiger partial charge on any atom is 0.187 e. The number of hydrogen-bond acceptors (Lipinski definition) is 5. The van der Waals surface area contributed by atoms with Gasteiger partial charge in [0.1, 0.15) is 18.3 Å². The van der Waals surface area contributed by atoms with Crippen LogP contribution in [0.15, 0.2) is 0 Å². The minimum absolute atomic E-state index is 0.0261. The Kier molecular flexibility index (Phi) is 4.54. The molecule has 3 N–H and O–H groups in total. The van der Waals surface area contributed by atoms with E-state index in [1.807, 2.05) is 34.6 Å². The topological polar surface area (TPSA) is 79.2 Å². The van der Waals surface area contributed by atoms with Crippen LogP contribution in [-0.2, 0) is 9.47 Å². The first kappa shape index (κ1) is 14.9. The number of aliphatic hydroxyl groups excluding tert-OH is 3. The van der Waals surface area contributed by atoms with Crippen LogP contribution in [-0.4, -0.2) is 51.6 Å². The molecular weight excluding hydrogens is 224 g/mol. The summed E-state index contributed by atoms with van der Waals surface area (Å²) in [6, 6.07) is 0. The first-order valence-electron chi connectivity index (χ1n) is 6.01. The van der Waals surface area contributed by atoms with E-state index in [4.69, 9.17) is 9.47 Å². The second kappa shape index (κ2) is 5.20. The molecule has 1 aliphatic rings. The smallest absolute Gasteiger partial charge is 0.187 e. The monoisotopic (exact) mass is 248 g/mol. The van der Waals surface area contributed by atoms with Gasteiger partial charge >= 0.3 is 0 Å². The molecule has 0 aromatic heterocycles. The van der Waals surface area contributed by atoms with Crippen molar-refractivity contribution in [2.75, 3.05) is 0 Å². The molecule has 0 saturated carbocycles. The molecule has 1 rings (SSSR count). The van der Waals surface area contributed by atoms with Crippen molar-refractivity contribution in [3.8, 4) is 0 Å². The summed E-state index contributed by atoms with van der Waals surface area (Å²) in [7, 11) is 0. The van der Waals surface area contributed by atoms with Gasteiger partial charge in [0.05, 0.1) is 11.7 Å². The Labute approximate surface area is 102 Å². The van der Waals surface area contributed by atoms with E-state index in [2.05, 4.69) is 0 Å². The highest BCUT2D eigenvalue weighted by Gasteiger charge is 2.46. The number of rotatable bonds is 2. The SMILES string of the molecule is CC(C)C1O[C@H](OC(C)(C)C)C(O)C(O)[C@@H]1O. The molecule has 0 bridgehead atoms. The molecule has 1 aliphatic heterocycles. The molecule has 0 amide bonds. The van der Waals surface area contributed by atoms with Crippen molar-refractivity contribution in [2.24, 2.45) is 5.92 Å². The molecule has 0 aromatic carbocycles. The fraction of sp³-hybridized carbons (Fsp3) is 1.00. The standard InChI is InChI=1S/C12H24O5/c1-6(2)10-8(14)7(13)9(15)11(16-10)17-12(3,4)5/h6-11,13-15H,1-5H3/t7?,8-,9?,10?,11+/m0/s1. The Morgan fingerprint density at radius 2 is 1.53 bits per heavy atom. The summed E-state index contributed by atoms with van der Waals surface area (Å²) in [5, 5.41) is 29.4. The average molecular weight is 248 g/mol. The predicted molar refractivity (Wildman–Crippen MR) is 62.4 cm³/mol. The highest BCUT2D eigenvalue weighted by molar-refractivity contribution is 4.91. The van der Waals surface area contributed by atoms with E-state index in [1.54, 1.807) is 0 Å². The summed E-state index contributed by atoms with van der Waals surface area (Å²) in [6.07, 6.45) is -5.03. The zero-order valence-electron chi connectivity index (χ0n) is 11.1. The van der Waals surface area contributed by atoms with Crippen LogP contribution >= 0.6 is 0 Å². The van der Waals surface area contributed by atoms with E-state index < -0.39 is 36.3 Å². The van der Waals surface area contributed by atoms with Crippen LogP contribution < -0.4 is 0 Å². The van der Waals surface area contributed by atoms with Crippen LogP contribution in [0.5, 0.6) is 0 Å². The van der Waals surface area contributed by atoms with Crippen molar-refractivity contribution in [3.63, 3.8) is 0 Å². The fourth-order valence-corrected chi connectivity index (χ4v) is 1.87. The molecule has 3 unspecified atom stereocenters. The Balaban J connectivity index is 2.78. The third-order valence-electron chi connectivity index (χ3n) is 2.73. The summed E-state index contributed by atoms with van der Waals surface area (Å²) >= 11 is 0. The summed E-state index contributed by atoms with van der Waals surface area (Å²) in [6.45, 7) is 9.28. The lowest BCUT2D eigenvalue weighted by molar-refractivity contribution is -0.323. The van der Waals surface area contributed by atoms with E-state index in [1.165, 1.54) is 0 Å². The van der Waals surface area contributed by atoms with E-state index >= 15 is 0 Å². The van der Waals surface area contributed by atoms with E-state index in [0.717, 1.165) is 0 Å². The van der Waals surface area contributed by atoms with Crippen molar-refractivity contribution < 1.29 is 24.8 Å². The molecule has 17 heavy (non-hydrogen) atoms. The lowest BCUT2D eigenvalue weighted by Crippen LogP contribution is -2.60. The average Bonchev–Trinajstić information content (AvgIpc) is 2.16. The van der Waals surface area contributed by atoms with Gasteiger partial charge in [-0.05, 0) is 26.7 Å². The van der Waals surface area contributed by atoms with E-state index in [0.29, 0.717) is 0 Å². The van der Waals surface area contributed by atoms with Crippen molar-refractivity contribution >= 4 is 0 Å². The largest absolute Gasteiger partial charge is 0.388 e. The normalized spacial score (nSPS) is 39.7. The van der Waals surface area contributed by atoms with Crippen LogP contribution in [0.25, 0.3) is 0 Å². The fourth-order valence-electron chi connectivity index (χ4n) is 1.87. The van der Waals surface area contributed by atoms with Gasteiger partial charge < -0.3 is 24.8 Å². The molecule has 1 heterocycles. The van der Waals surface area contributed by atoms with Crippen molar-refractivity contribution in [2.45, 2.75) is 70.9 Å². The van der Waals surface area contributed by atoms with Gasteiger partial charge in [-0.3, -0.25) is 0 Å². The van der Waals surface area contributed by atoms with Gasteiger partial charge in [-0.2, -0.15) is 0 Å². The molecule has 0 radical (unpaired) electrons. The summed E-state index contributed by atoms with van der Waals surface area (Å²) < 4.78 is 11.1. The van der Waals surface area contributed by atoms with Gasteiger partial charge in [-0.25, -0.2) is 0 Å². The number of hydrogen-bond donors (Lipinski definition) is 3. The van der Waals surface area contributed by atoms with Crippen molar-refractivity contribution in [1.29, 1.82) is 0 Å². The molecular formula is C12H24O5. The molecule has 1 fully saturated rings. The minimum atomic E-state index is -1.25. The molecule has 0 aromatic rings. The van der Waals surface area contributed by atoms with Gasteiger partial charge in [0.25, 0.3) is 0 Å². The van der Waals surface area contributed by atoms with Gasteiger partial charge in [-0.15, -0.1) is 0 Å². The van der Waals surface area contributed by atoms with Crippen molar-refractivity contribution in [3.05, 3.63) is 0 Å². The summed E-state index contributed by atoms with van der Waals surface area (Å²) in [4.78, 5) is 0. The Bertz CT molecular complexity index is 248. The first-order valence-corrected chi connectivity index (χ1v) is 6.01. The highest BCUT2D eigenvalue weighted by atomic mass is 16.7. The zero-order chi connectivity index (χ0) is 13.4. The lowest BCUT2D eigenvalue weighted by atomic mass is 9.92. The van der Waals surface area contributed by atoms with Crippen molar-refractivity contribution in [1.82, 2.24) is 0 Å². The third-order valence-corrected chi connectivity index (χ3v) is 2.73. The van der Waals surface area contributed by atoms with Gasteiger partial charge in [0.15, 0.2) is 6.29 Å². The number of ether oxygens (including phenoxy) is 2. The third kappa shape index (κ3) is 3.63. The molecule has 102 valence electrons. The quantitative estimate of drug-likeness (QED) is 0.653. The van der Waals surface area contributed by atoms with E-state index in [9.17, 15) is 15.3 Å². The molecule has 5 heteroatoms. The Hall–Kier alpha value is -0.200. The second-order valence-corrected chi connectivity index (χ2v) is 5.92. The van der Waals surface area contributed by atoms with E-state index in [-0.39, 0.29) is 5.92 Å². The maximum atomic E-state index is 9.81. The van der Waals surface area contributed by atoms with Gasteiger partial charge in [-0.1, -0.05) is 13.8 Å². The van der Waals surface area contributed by atoms with Crippen LogP contribution in [0.4, 0.5) is 0 Å². The van der Waals surface area contributed by atoms with Crippen LogP contribution in [0.2, 0.25) is 0 Å². The Morgan fingerprint density at radius 1 is 1.00 bits per heavy atom. The molecule has 1 saturated heterocycles. The van der Waals surface area contributed by atoms with Crippen LogP contribution in [0, 0.1) is 5.92 Å². The van der Waals surface area contributed by atoms with Crippen LogP contribution in [0.1, 0.15) is 34.6 Å². The second-order valence-electron chi connectivity index (χ2n) is 5.92. The molecule has 0 spiro atoms.